The molecule has 1 saturated carbocycles. The normalized spacial score (nSPS) is 27.1. The summed E-state index contributed by atoms with van der Waals surface area (Å²) in [5.41, 5.74) is 0.612. The van der Waals surface area contributed by atoms with Gasteiger partial charge in [-0.05, 0) is 55.9 Å². The first-order valence-electron chi connectivity index (χ1n) is 9.43. The fourth-order valence-corrected chi connectivity index (χ4v) is 4.43. The smallest absolute Gasteiger partial charge is 0.00105 e. The third kappa shape index (κ3) is 5.06. The van der Waals surface area contributed by atoms with Crippen molar-refractivity contribution >= 4 is 0 Å². The maximum atomic E-state index is 3.75. The fourth-order valence-electron chi connectivity index (χ4n) is 4.43. The highest BCUT2D eigenvalue weighted by atomic mass is 14.9. The summed E-state index contributed by atoms with van der Waals surface area (Å²) < 4.78 is 0. The Labute approximate surface area is 128 Å². The number of unbranched alkanes of at least 4 members (excludes halogenated alkanes) is 1. The van der Waals surface area contributed by atoms with E-state index in [1.807, 2.05) is 0 Å². The lowest BCUT2D eigenvalue weighted by atomic mass is 9.61. The zero-order valence-electron chi connectivity index (χ0n) is 14.6. The van der Waals surface area contributed by atoms with Crippen LogP contribution in [0.5, 0.6) is 0 Å². The van der Waals surface area contributed by atoms with Gasteiger partial charge in [-0.3, -0.25) is 0 Å². The molecule has 1 aliphatic rings. The summed E-state index contributed by atoms with van der Waals surface area (Å²) in [4.78, 5) is 0. The molecule has 0 aliphatic heterocycles. The van der Waals surface area contributed by atoms with Crippen molar-refractivity contribution in [3.8, 4) is 0 Å². The minimum atomic E-state index is 0.612. The van der Waals surface area contributed by atoms with Crippen LogP contribution >= 0.6 is 0 Å². The van der Waals surface area contributed by atoms with E-state index in [1.165, 1.54) is 77.3 Å². The van der Waals surface area contributed by atoms with E-state index >= 15 is 0 Å². The van der Waals surface area contributed by atoms with Gasteiger partial charge in [0.2, 0.25) is 0 Å². The maximum Gasteiger partial charge on any atom is 0.00105 e. The van der Waals surface area contributed by atoms with Gasteiger partial charge in [0.05, 0.1) is 0 Å². The van der Waals surface area contributed by atoms with E-state index in [4.69, 9.17) is 0 Å². The summed E-state index contributed by atoms with van der Waals surface area (Å²) in [6.45, 7) is 11.9. The Kier molecular flexibility index (Phi) is 8.84. The van der Waals surface area contributed by atoms with E-state index in [1.54, 1.807) is 0 Å². The molecule has 0 atom stereocenters. The molecule has 0 radical (unpaired) electrons. The SMILES string of the molecule is CCCCC1CCC(CNCCC)(C(CC)CC)CC1. The molecule has 1 fully saturated rings. The zero-order valence-corrected chi connectivity index (χ0v) is 14.6. The van der Waals surface area contributed by atoms with Crippen LogP contribution in [-0.4, -0.2) is 13.1 Å². The van der Waals surface area contributed by atoms with Gasteiger partial charge in [-0.25, -0.2) is 0 Å². The van der Waals surface area contributed by atoms with E-state index in [0.717, 1.165) is 11.8 Å². The maximum absolute atomic E-state index is 3.75. The highest BCUT2D eigenvalue weighted by Crippen LogP contribution is 2.47. The molecule has 20 heavy (non-hydrogen) atoms. The van der Waals surface area contributed by atoms with Crippen LogP contribution in [0.15, 0.2) is 0 Å². The van der Waals surface area contributed by atoms with E-state index < -0.39 is 0 Å². The van der Waals surface area contributed by atoms with E-state index in [0.29, 0.717) is 5.41 Å². The number of hydrogen-bond acceptors (Lipinski definition) is 1. The van der Waals surface area contributed by atoms with Crippen molar-refractivity contribution in [1.82, 2.24) is 5.32 Å². The van der Waals surface area contributed by atoms with Gasteiger partial charge in [0.15, 0.2) is 0 Å². The molecule has 0 heterocycles. The lowest BCUT2D eigenvalue weighted by molar-refractivity contribution is 0.0630. The fraction of sp³-hybridized carbons (Fsp3) is 1.00. The van der Waals surface area contributed by atoms with Crippen LogP contribution in [0.1, 0.15) is 91.9 Å². The van der Waals surface area contributed by atoms with Crippen molar-refractivity contribution in [3.05, 3.63) is 0 Å². The van der Waals surface area contributed by atoms with Crippen LogP contribution in [0.2, 0.25) is 0 Å². The lowest BCUT2D eigenvalue weighted by Crippen LogP contribution is -2.43. The molecule has 0 bridgehead atoms. The topological polar surface area (TPSA) is 12.0 Å². The second kappa shape index (κ2) is 9.82. The van der Waals surface area contributed by atoms with Crippen molar-refractivity contribution in [2.24, 2.45) is 17.3 Å². The molecule has 0 aromatic rings. The van der Waals surface area contributed by atoms with E-state index in [9.17, 15) is 0 Å². The average molecular weight is 282 g/mol. The van der Waals surface area contributed by atoms with Crippen LogP contribution < -0.4 is 5.32 Å². The summed E-state index contributed by atoms with van der Waals surface area (Å²) in [5, 5.41) is 3.75. The molecular formula is C19H39N. The molecule has 120 valence electrons. The summed E-state index contributed by atoms with van der Waals surface area (Å²) in [7, 11) is 0. The van der Waals surface area contributed by atoms with Gasteiger partial charge < -0.3 is 5.32 Å². The average Bonchev–Trinajstić information content (AvgIpc) is 2.48. The molecule has 0 amide bonds. The summed E-state index contributed by atoms with van der Waals surface area (Å²) in [6, 6.07) is 0. The minimum absolute atomic E-state index is 0.612. The van der Waals surface area contributed by atoms with Crippen molar-refractivity contribution in [1.29, 1.82) is 0 Å². The molecular weight excluding hydrogens is 242 g/mol. The first-order valence-corrected chi connectivity index (χ1v) is 9.43. The molecule has 0 unspecified atom stereocenters. The number of nitrogens with one attached hydrogen (secondary N) is 1. The van der Waals surface area contributed by atoms with Gasteiger partial charge in [-0.15, -0.1) is 0 Å². The molecule has 1 aliphatic carbocycles. The summed E-state index contributed by atoms with van der Waals surface area (Å²) >= 11 is 0. The summed E-state index contributed by atoms with van der Waals surface area (Å²) in [6.07, 6.45) is 14.2. The highest BCUT2D eigenvalue weighted by molar-refractivity contribution is 4.91. The van der Waals surface area contributed by atoms with Crippen LogP contribution in [-0.2, 0) is 0 Å². The molecule has 1 heteroatoms. The second-order valence-electron chi connectivity index (χ2n) is 7.14. The largest absolute Gasteiger partial charge is 0.316 e. The molecule has 1 rings (SSSR count). The Hall–Kier alpha value is -0.0400. The lowest BCUT2D eigenvalue weighted by Gasteiger charge is -2.46. The monoisotopic (exact) mass is 281 g/mol. The molecule has 0 saturated heterocycles. The Morgan fingerprint density at radius 2 is 1.65 bits per heavy atom. The van der Waals surface area contributed by atoms with Gasteiger partial charge in [-0.2, -0.15) is 0 Å². The van der Waals surface area contributed by atoms with Crippen molar-refractivity contribution in [3.63, 3.8) is 0 Å². The highest BCUT2D eigenvalue weighted by Gasteiger charge is 2.39. The number of hydrogen-bond donors (Lipinski definition) is 1. The first-order chi connectivity index (χ1) is 9.72. The number of rotatable bonds is 10. The molecule has 1 nitrogen and oxygen atoms in total. The Bertz CT molecular complexity index is 224. The van der Waals surface area contributed by atoms with E-state index in [2.05, 4.69) is 33.0 Å². The standard InChI is InChI=1S/C19H39N/c1-5-9-10-17-11-13-19(14-12-17,16-20-15-6-2)18(7-3)8-4/h17-18,20H,5-16H2,1-4H3. The minimum Gasteiger partial charge on any atom is -0.316 e. The van der Waals surface area contributed by atoms with Crippen LogP contribution in [0.25, 0.3) is 0 Å². The van der Waals surface area contributed by atoms with Gasteiger partial charge in [0, 0.05) is 6.54 Å². The second-order valence-corrected chi connectivity index (χ2v) is 7.14. The zero-order chi connectivity index (χ0) is 14.8. The van der Waals surface area contributed by atoms with Crippen molar-refractivity contribution in [2.75, 3.05) is 13.1 Å². The predicted octanol–water partition coefficient (Wildman–Crippen LogP) is 5.79. The quantitative estimate of drug-likeness (QED) is 0.500. The van der Waals surface area contributed by atoms with Gasteiger partial charge in [-0.1, -0.05) is 59.8 Å². The Balaban J connectivity index is 2.57. The third-order valence-electron chi connectivity index (χ3n) is 5.82. The molecule has 1 N–H and O–H groups in total. The van der Waals surface area contributed by atoms with Crippen molar-refractivity contribution in [2.45, 2.75) is 91.9 Å². The van der Waals surface area contributed by atoms with Gasteiger partial charge in [0.1, 0.15) is 0 Å². The Morgan fingerprint density at radius 1 is 1.00 bits per heavy atom. The molecule has 0 aromatic carbocycles. The molecule has 0 aromatic heterocycles. The van der Waals surface area contributed by atoms with Crippen molar-refractivity contribution < 1.29 is 0 Å². The summed E-state index contributed by atoms with van der Waals surface area (Å²) in [5.74, 6) is 1.96. The van der Waals surface area contributed by atoms with Crippen LogP contribution in [0.4, 0.5) is 0 Å². The van der Waals surface area contributed by atoms with Crippen LogP contribution in [0.3, 0.4) is 0 Å². The van der Waals surface area contributed by atoms with Gasteiger partial charge in [0.25, 0.3) is 0 Å². The van der Waals surface area contributed by atoms with Crippen LogP contribution in [0, 0.1) is 17.3 Å². The molecule has 0 spiro atoms. The van der Waals surface area contributed by atoms with E-state index in [-0.39, 0.29) is 0 Å². The first kappa shape index (κ1) is 18.0. The predicted molar refractivity (Wildman–Crippen MR) is 91.1 cm³/mol. The van der Waals surface area contributed by atoms with Gasteiger partial charge >= 0.3 is 0 Å². The Morgan fingerprint density at radius 3 is 2.15 bits per heavy atom. The third-order valence-corrected chi connectivity index (χ3v) is 5.82.